The van der Waals surface area contributed by atoms with Crippen molar-refractivity contribution >= 4 is 16.7 Å². The second-order valence-electron chi connectivity index (χ2n) is 5.57. The predicted octanol–water partition coefficient (Wildman–Crippen LogP) is 3.85. The van der Waals surface area contributed by atoms with Gasteiger partial charge in [0.1, 0.15) is 0 Å². The Kier molecular flexibility index (Phi) is 2.82. The summed E-state index contributed by atoms with van der Waals surface area (Å²) >= 11 is 0. The molecule has 0 aliphatic heterocycles. The van der Waals surface area contributed by atoms with Crippen molar-refractivity contribution in [3.63, 3.8) is 0 Å². The molecule has 1 aromatic carbocycles. The van der Waals surface area contributed by atoms with E-state index in [9.17, 15) is 0 Å². The lowest BCUT2D eigenvalue weighted by Gasteiger charge is -2.05. The molecule has 104 valence electrons. The zero-order valence-corrected chi connectivity index (χ0v) is 12.3. The molecule has 0 spiro atoms. The highest BCUT2D eigenvalue weighted by Crippen LogP contribution is 2.36. The van der Waals surface area contributed by atoms with Crippen molar-refractivity contribution in [2.24, 2.45) is 7.05 Å². The van der Waals surface area contributed by atoms with E-state index in [2.05, 4.69) is 55.7 Å². The van der Waals surface area contributed by atoms with Crippen LogP contribution in [0.4, 0.5) is 5.82 Å². The number of nitrogens with zero attached hydrogens (tertiary/aromatic N) is 2. The lowest BCUT2D eigenvalue weighted by molar-refractivity contribution is 0.436. The van der Waals surface area contributed by atoms with Gasteiger partial charge in [-0.3, -0.25) is 0 Å². The molecule has 0 saturated heterocycles. The van der Waals surface area contributed by atoms with E-state index >= 15 is 0 Å². The van der Waals surface area contributed by atoms with Gasteiger partial charge in [-0.15, -0.1) is 0 Å². The summed E-state index contributed by atoms with van der Waals surface area (Å²) in [5.41, 5.74) is 10.4. The van der Waals surface area contributed by atoms with Gasteiger partial charge in [-0.25, -0.2) is 0 Å². The molecule has 3 rings (SSSR count). The van der Waals surface area contributed by atoms with Gasteiger partial charge < -0.3 is 14.8 Å². The molecule has 0 saturated carbocycles. The lowest BCUT2D eigenvalue weighted by Crippen LogP contribution is -1.90. The highest BCUT2D eigenvalue weighted by molar-refractivity contribution is 5.97. The predicted molar refractivity (Wildman–Crippen MR) is 81.7 cm³/mol. The number of hydrogen-bond donors (Lipinski definition) is 1. The fourth-order valence-electron chi connectivity index (χ4n) is 2.67. The molecule has 0 bridgehead atoms. The van der Waals surface area contributed by atoms with Gasteiger partial charge in [0.25, 0.3) is 0 Å². The van der Waals surface area contributed by atoms with Crippen molar-refractivity contribution < 1.29 is 4.52 Å². The molecular weight excluding hydrogens is 250 g/mol. The molecule has 0 atom stereocenters. The van der Waals surface area contributed by atoms with E-state index in [-0.39, 0.29) is 0 Å². The molecule has 0 radical (unpaired) electrons. The molecule has 3 aromatic rings. The fourth-order valence-corrected chi connectivity index (χ4v) is 2.67. The van der Waals surface area contributed by atoms with Gasteiger partial charge in [0.2, 0.25) is 0 Å². The Hall–Kier alpha value is -2.23. The Labute approximate surface area is 118 Å². The van der Waals surface area contributed by atoms with Crippen LogP contribution >= 0.6 is 0 Å². The van der Waals surface area contributed by atoms with Gasteiger partial charge in [-0.05, 0) is 30.5 Å². The third kappa shape index (κ3) is 1.80. The Morgan fingerprint density at radius 1 is 1.25 bits per heavy atom. The number of fused-ring (bicyclic) bond motifs is 1. The SMILES string of the molecule is Cc1c(-c2cc(N)no2)c2cc(C(C)C)ccc2n1C. The van der Waals surface area contributed by atoms with Crippen molar-refractivity contribution in [2.45, 2.75) is 26.7 Å². The summed E-state index contributed by atoms with van der Waals surface area (Å²) in [6.45, 7) is 6.48. The Bertz CT molecular complexity index is 780. The van der Waals surface area contributed by atoms with Crippen LogP contribution in [0.2, 0.25) is 0 Å². The maximum atomic E-state index is 5.68. The van der Waals surface area contributed by atoms with Crippen molar-refractivity contribution in [1.29, 1.82) is 0 Å². The summed E-state index contributed by atoms with van der Waals surface area (Å²) in [5, 5.41) is 4.99. The van der Waals surface area contributed by atoms with E-state index in [4.69, 9.17) is 10.3 Å². The second kappa shape index (κ2) is 4.40. The van der Waals surface area contributed by atoms with Crippen LogP contribution in [0, 0.1) is 6.92 Å². The number of hydrogen-bond acceptors (Lipinski definition) is 3. The second-order valence-corrected chi connectivity index (χ2v) is 5.57. The van der Waals surface area contributed by atoms with E-state index in [0.29, 0.717) is 11.7 Å². The minimum atomic E-state index is 0.413. The van der Waals surface area contributed by atoms with Crippen LogP contribution in [0.3, 0.4) is 0 Å². The maximum absolute atomic E-state index is 5.68. The molecule has 2 N–H and O–H groups in total. The number of aryl methyl sites for hydroxylation is 1. The first-order valence-electron chi connectivity index (χ1n) is 6.80. The smallest absolute Gasteiger partial charge is 0.171 e. The summed E-state index contributed by atoms with van der Waals surface area (Å²) < 4.78 is 7.54. The molecule has 0 unspecified atom stereocenters. The van der Waals surface area contributed by atoms with Gasteiger partial charge in [0.15, 0.2) is 11.6 Å². The topological polar surface area (TPSA) is 57.0 Å². The van der Waals surface area contributed by atoms with Crippen molar-refractivity contribution in [1.82, 2.24) is 9.72 Å². The molecule has 0 aliphatic rings. The molecule has 2 aromatic heterocycles. The molecular formula is C16H19N3O. The average molecular weight is 269 g/mol. The highest BCUT2D eigenvalue weighted by Gasteiger charge is 2.18. The van der Waals surface area contributed by atoms with Gasteiger partial charge in [-0.1, -0.05) is 25.1 Å². The third-order valence-electron chi connectivity index (χ3n) is 3.96. The number of nitrogen functional groups attached to an aromatic ring is 1. The van der Waals surface area contributed by atoms with Gasteiger partial charge in [0.05, 0.1) is 0 Å². The Balaban J connectivity index is 2.34. The molecule has 0 fully saturated rings. The Morgan fingerprint density at radius 2 is 2.00 bits per heavy atom. The molecule has 2 heterocycles. The minimum Gasteiger partial charge on any atom is -0.381 e. The van der Waals surface area contributed by atoms with E-state index in [0.717, 1.165) is 17.0 Å². The van der Waals surface area contributed by atoms with Crippen LogP contribution in [0.5, 0.6) is 0 Å². The Morgan fingerprint density at radius 3 is 2.60 bits per heavy atom. The van der Waals surface area contributed by atoms with E-state index in [1.54, 1.807) is 6.07 Å². The van der Waals surface area contributed by atoms with Crippen LogP contribution in [-0.2, 0) is 7.05 Å². The molecule has 20 heavy (non-hydrogen) atoms. The minimum absolute atomic E-state index is 0.413. The van der Waals surface area contributed by atoms with E-state index in [1.807, 2.05) is 0 Å². The van der Waals surface area contributed by atoms with Crippen LogP contribution in [0.15, 0.2) is 28.8 Å². The van der Waals surface area contributed by atoms with Crippen LogP contribution in [-0.4, -0.2) is 9.72 Å². The number of benzene rings is 1. The first kappa shape index (κ1) is 12.8. The van der Waals surface area contributed by atoms with Gasteiger partial charge in [-0.2, -0.15) is 0 Å². The molecule has 0 amide bonds. The maximum Gasteiger partial charge on any atom is 0.171 e. The van der Waals surface area contributed by atoms with Crippen LogP contribution < -0.4 is 5.73 Å². The van der Waals surface area contributed by atoms with Gasteiger partial charge >= 0.3 is 0 Å². The van der Waals surface area contributed by atoms with Gasteiger partial charge in [0, 0.05) is 35.3 Å². The molecule has 4 heteroatoms. The van der Waals surface area contributed by atoms with E-state index in [1.165, 1.54) is 16.5 Å². The van der Waals surface area contributed by atoms with Crippen LogP contribution in [0.25, 0.3) is 22.2 Å². The largest absolute Gasteiger partial charge is 0.381 e. The first-order valence-corrected chi connectivity index (χ1v) is 6.80. The summed E-state index contributed by atoms with van der Waals surface area (Å²) in [4.78, 5) is 0. The zero-order valence-electron chi connectivity index (χ0n) is 12.3. The summed E-state index contributed by atoms with van der Waals surface area (Å²) in [6.07, 6.45) is 0. The average Bonchev–Trinajstić information content (AvgIpc) is 2.93. The zero-order chi connectivity index (χ0) is 14.4. The van der Waals surface area contributed by atoms with Crippen molar-refractivity contribution in [3.8, 4) is 11.3 Å². The first-order chi connectivity index (χ1) is 9.49. The summed E-state index contributed by atoms with van der Waals surface area (Å²) in [6, 6.07) is 8.37. The lowest BCUT2D eigenvalue weighted by atomic mass is 9.99. The highest BCUT2D eigenvalue weighted by atomic mass is 16.5. The standard InChI is InChI=1S/C16H19N3O/c1-9(2)11-5-6-13-12(7-11)16(10(3)19(13)4)14-8-15(17)18-20-14/h5-9H,1-4H3,(H2,17,18). The molecule has 0 aliphatic carbocycles. The molecule has 4 nitrogen and oxygen atoms in total. The number of aromatic nitrogens is 2. The van der Waals surface area contributed by atoms with Crippen molar-refractivity contribution in [2.75, 3.05) is 5.73 Å². The number of rotatable bonds is 2. The van der Waals surface area contributed by atoms with Crippen LogP contribution in [0.1, 0.15) is 31.0 Å². The normalized spacial score (nSPS) is 11.7. The quantitative estimate of drug-likeness (QED) is 0.768. The fraction of sp³-hybridized carbons (Fsp3) is 0.312. The monoisotopic (exact) mass is 269 g/mol. The van der Waals surface area contributed by atoms with E-state index < -0.39 is 0 Å². The number of nitrogens with two attached hydrogens (primary N) is 1. The third-order valence-corrected chi connectivity index (χ3v) is 3.96. The van der Waals surface area contributed by atoms with Crippen molar-refractivity contribution in [3.05, 3.63) is 35.5 Å². The summed E-state index contributed by atoms with van der Waals surface area (Å²) in [5.74, 6) is 1.63. The number of anilines is 1. The summed E-state index contributed by atoms with van der Waals surface area (Å²) in [7, 11) is 2.07.